The van der Waals surface area contributed by atoms with Crippen molar-refractivity contribution in [2.45, 2.75) is 19.6 Å². The van der Waals surface area contributed by atoms with E-state index in [0.29, 0.717) is 26.4 Å². The highest BCUT2D eigenvalue weighted by atomic mass is 16.5. The van der Waals surface area contributed by atoms with Gasteiger partial charge in [0.25, 0.3) is 0 Å². The Labute approximate surface area is 344 Å². The Balaban J connectivity index is 1.15. The van der Waals surface area contributed by atoms with E-state index in [1.165, 1.54) is 11.1 Å². The van der Waals surface area contributed by atoms with Crippen LogP contribution in [0.25, 0.3) is 0 Å². The van der Waals surface area contributed by atoms with Gasteiger partial charge in [-0.05, 0) is 66.7 Å². The molecule has 0 radical (unpaired) electrons. The summed E-state index contributed by atoms with van der Waals surface area (Å²) in [6.45, 7) is 11.4. The Morgan fingerprint density at radius 3 is 1.45 bits per heavy atom. The number of hydrogen-bond acceptors (Lipinski definition) is 11. The molecule has 304 valence electrons. The van der Waals surface area contributed by atoms with Crippen LogP contribution in [0.15, 0.2) is 132 Å². The van der Waals surface area contributed by atoms with Gasteiger partial charge in [0.2, 0.25) is 0 Å². The molecule has 58 heavy (non-hydrogen) atoms. The molecule has 5 aromatic carbocycles. The molecule has 2 N–H and O–H groups in total. The zero-order valence-electron chi connectivity index (χ0n) is 34.1. The van der Waals surface area contributed by atoms with E-state index in [1.54, 1.807) is 0 Å². The molecule has 5 aromatic rings. The van der Waals surface area contributed by atoms with E-state index in [9.17, 15) is 0 Å². The molecule has 0 fully saturated rings. The van der Waals surface area contributed by atoms with Gasteiger partial charge in [-0.2, -0.15) is 10.2 Å². The zero-order chi connectivity index (χ0) is 39.8. The fourth-order valence-electron chi connectivity index (χ4n) is 7.23. The maximum absolute atomic E-state index is 6.60. The largest absolute Gasteiger partial charge is 0.492 e. The third kappa shape index (κ3) is 12.0. The quantitative estimate of drug-likeness (QED) is 0.180. The van der Waals surface area contributed by atoms with Gasteiger partial charge in [0, 0.05) is 121 Å². The van der Waals surface area contributed by atoms with E-state index in [1.807, 2.05) is 38.4 Å². The molecule has 11 nitrogen and oxygen atoms in total. The topological polar surface area (TPSA) is 89.4 Å². The highest BCUT2D eigenvalue weighted by molar-refractivity contribution is 5.55. The first-order valence-corrected chi connectivity index (χ1v) is 20.6. The molecule has 0 saturated carbocycles. The molecule has 3 aliphatic rings. The van der Waals surface area contributed by atoms with E-state index in [2.05, 4.69) is 138 Å². The Bertz CT molecular complexity index is 1960. The van der Waals surface area contributed by atoms with Gasteiger partial charge in [-0.15, -0.1) is 0 Å². The molecule has 0 atom stereocenters. The molecule has 0 amide bonds. The van der Waals surface area contributed by atoms with Crippen molar-refractivity contribution in [1.29, 1.82) is 0 Å². The maximum atomic E-state index is 6.60. The number of hydrogen-bond donors (Lipinski definition) is 2. The van der Waals surface area contributed by atoms with Gasteiger partial charge in [-0.25, -0.2) is 0 Å². The summed E-state index contributed by atoms with van der Waals surface area (Å²) in [7, 11) is 4.06. The predicted octanol–water partition coefficient (Wildman–Crippen LogP) is 7.52. The van der Waals surface area contributed by atoms with Crippen LogP contribution >= 0.6 is 0 Å². The van der Waals surface area contributed by atoms with E-state index < -0.39 is 0 Å². The van der Waals surface area contributed by atoms with E-state index in [4.69, 9.17) is 14.2 Å². The van der Waals surface area contributed by atoms with Gasteiger partial charge in [0.15, 0.2) is 0 Å². The number of ether oxygens (including phenoxy) is 3. The van der Waals surface area contributed by atoms with Crippen LogP contribution in [0, 0.1) is 0 Å². The summed E-state index contributed by atoms with van der Waals surface area (Å²) >= 11 is 0. The lowest BCUT2D eigenvalue weighted by atomic mass is 10.1. The molecule has 8 rings (SSSR count). The van der Waals surface area contributed by atoms with Crippen LogP contribution in [0.2, 0.25) is 0 Å². The summed E-state index contributed by atoms with van der Waals surface area (Å²) in [5.41, 5.74) is 7.38. The molecule has 11 heteroatoms. The lowest BCUT2D eigenvalue weighted by Crippen LogP contribution is -2.41. The van der Waals surface area contributed by atoms with E-state index in [0.717, 1.165) is 118 Å². The first-order valence-electron chi connectivity index (χ1n) is 20.6. The summed E-state index contributed by atoms with van der Waals surface area (Å²) < 4.78 is 19.4. The number of rotatable bonds is 4. The van der Waals surface area contributed by atoms with Crippen LogP contribution in [0.5, 0.6) is 17.2 Å². The van der Waals surface area contributed by atoms with Gasteiger partial charge >= 0.3 is 0 Å². The first kappa shape index (κ1) is 40.7. The minimum Gasteiger partial charge on any atom is -0.492 e. The summed E-state index contributed by atoms with van der Waals surface area (Å²) in [6, 6.07) is 41.7. The average molecular weight is 783 g/mol. The normalized spacial score (nSPS) is 19.0. The van der Waals surface area contributed by atoms with Crippen LogP contribution in [-0.2, 0) is 19.6 Å². The number of nitrogens with one attached hydrogen (secondary N) is 2. The molecule has 3 heterocycles. The summed E-state index contributed by atoms with van der Waals surface area (Å²) in [5, 5.41) is 16.5. The number of benzene rings is 5. The molecule has 0 aliphatic carbocycles. The highest BCUT2D eigenvalue weighted by Gasteiger charge is 2.16. The fourth-order valence-corrected chi connectivity index (χ4v) is 7.23. The van der Waals surface area contributed by atoms with Crippen LogP contribution in [0.4, 0.5) is 22.7 Å². The van der Waals surface area contributed by atoms with Crippen molar-refractivity contribution in [3.63, 3.8) is 0 Å². The van der Waals surface area contributed by atoms with Crippen molar-refractivity contribution < 1.29 is 14.2 Å². The van der Waals surface area contributed by atoms with Crippen molar-refractivity contribution in [3.8, 4) is 17.2 Å². The van der Waals surface area contributed by atoms with Crippen molar-refractivity contribution in [3.05, 3.63) is 138 Å². The second-order valence-electron chi connectivity index (χ2n) is 15.0. The summed E-state index contributed by atoms with van der Waals surface area (Å²) in [5.74, 6) is 2.76. The molecule has 3 aliphatic heterocycles. The van der Waals surface area contributed by atoms with Gasteiger partial charge in [-0.3, -0.25) is 9.80 Å². The Hall–Kier alpha value is -5.46. The van der Waals surface area contributed by atoms with Crippen LogP contribution in [-0.4, -0.2) is 103 Å². The van der Waals surface area contributed by atoms with Crippen molar-refractivity contribution >= 4 is 22.7 Å². The van der Waals surface area contributed by atoms with Gasteiger partial charge in [0.05, 0.1) is 11.4 Å². The number of para-hydroxylation sites is 3. The second-order valence-corrected chi connectivity index (χ2v) is 15.0. The smallest absolute Gasteiger partial charge is 0.124 e. The average Bonchev–Trinajstić information content (AvgIpc) is 3.25. The summed E-state index contributed by atoms with van der Waals surface area (Å²) in [6.07, 6.45) is 0. The number of fused-ring (bicyclic) bond motifs is 15. The third-order valence-electron chi connectivity index (χ3n) is 10.7. The number of anilines is 2. The van der Waals surface area contributed by atoms with Crippen LogP contribution < -0.4 is 34.6 Å². The van der Waals surface area contributed by atoms with Crippen molar-refractivity contribution in [2.75, 3.05) is 103 Å². The lowest BCUT2D eigenvalue weighted by Gasteiger charge is -2.30. The van der Waals surface area contributed by atoms with Crippen molar-refractivity contribution in [1.82, 2.24) is 20.4 Å². The van der Waals surface area contributed by atoms with Gasteiger partial charge in [0.1, 0.15) is 37.1 Å². The van der Waals surface area contributed by atoms with Crippen LogP contribution in [0.3, 0.4) is 0 Å². The molecule has 0 spiro atoms. The minimum absolute atomic E-state index is 0.545. The first-order chi connectivity index (χ1) is 28.6. The Kier molecular flexibility index (Phi) is 15.0. The van der Waals surface area contributed by atoms with E-state index in [-0.39, 0.29) is 0 Å². The number of azo groups is 1. The van der Waals surface area contributed by atoms with Crippen molar-refractivity contribution in [2.24, 2.45) is 10.2 Å². The SMILES string of the molecule is CN(C)c1ccc(N=Nc2ccc(N3CCN4CCNCc5ccccc5OCCN(CCOc5ccccc5CNCC4)CCOc4ccccc4C3)cc2)cc1. The predicted molar refractivity (Wildman–Crippen MR) is 235 cm³/mol. The zero-order valence-corrected chi connectivity index (χ0v) is 34.1. The van der Waals surface area contributed by atoms with Gasteiger partial charge < -0.3 is 34.6 Å². The maximum Gasteiger partial charge on any atom is 0.124 e. The molecule has 2 bridgehead atoms. The van der Waals surface area contributed by atoms with Crippen LogP contribution in [0.1, 0.15) is 16.7 Å². The molecule has 0 aromatic heterocycles. The summed E-state index contributed by atoms with van der Waals surface area (Å²) in [4.78, 5) is 9.46. The number of nitrogens with zero attached hydrogens (tertiary/aromatic N) is 6. The fraction of sp³-hybridized carbons (Fsp3) is 0.362. The Morgan fingerprint density at radius 1 is 0.483 bits per heavy atom. The van der Waals surface area contributed by atoms with E-state index >= 15 is 0 Å². The third-order valence-corrected chi connectivity index (χ3v) is 10.7. The second kappa shape index (κ2) is 21.3. The molecular formula is C47H58N8O3. The minimum atomic E-state index is 0.545. The highest BCUT2D eigenvalue weighted by Crippen LogP contribution is 2.27. The van der Waals surface area contributed by atoms with Gasteiger partial charge in [-0.1, -0.05) is 54.6 Å². The monoisotopic (exact) mass is 782 g/mol. The molecule has 0 unspecified atom stereocenters. The molecule has 0 saturated heterocycles. The lowest BCUT2D eigenvalue weighted by molar-refractivity contribution is 0.152. The molecular weight excluding hydrogens is 725 g/mol. The standard InChI is InChI=1S/C47H58N8O3/c1-52(2)43-19-15-41(16-20-43)50-51-42-17-21-44(22-18-42)55-28-27-53-25-23-48-35-38-9-3-6-12-45(38)56-32-29-54(31-34-58-47-14-8-5-11-40(47)37-55)30-33-57-46-13-7-4-10-39(46)36-49-24-26-53/h3-22,48-49H,23-37H2,1-2H3. The Morgan fingerprint density at radius 2 is 0.931 bits per heavy atom.